The number of nitrogens with zero attached hydrogens (tertiary/aromatic N) is 1. The Morgan fingerprint density at radius 1 is 0.913 bits per heavy atom. The van der Waals surface area contributed by atoms with Gasteiger partial charge in [-0.15, -0.1) is 0 Å². The summed E-state index contributed by atoms with van der Waals surface area (Å²) < 4.78 is 0. The molecule has 0 aromatic heterocycles. The molecule has 1 nitrogen and oxygen atoms in total. The van der Waals surface area contributed by atoms with Crippen LogP contribution in [0.4, 0.5) is 0 Å². The van der Waals surface area contributed by atoms with Gasteiger partial charge >= 0.3 is 0 Å². The fourth-order valence-corrected chi connectivity index (χ4v) is 4.37. The minimum Gasteiger partial charge on any atom is -0.300 e. The number of hydrogen-bond donors (Lipinski definition) is 0. The third kappa shape index (κ3) is 2.95. The summed E-state index contributed by atoms with van der Waals surface area (Å²) in [6.07, 6.45) is 6.63. The van der Waals surface area contributed by atoms with Crippen LogP contribution in [0.3, 0.4) is 0 Å². The topological polar surface area (TPSA) is 3.24 Å². The Bertz CT molecular complexity index is 710. The SMILES string of the molecule is Cc1ccc(C)c(-c2ccc3c(c2)CCC(N2CCCC2)C3)c1. The average molecular weight is 305 g/mol. The van der Waals surface area contributed by atoms with Crippen molar-refractivity contribution in [3.63, 3.8) is 0 Å². The lowest BCUT2D eigenvalue weighted by Gasteiger charge is -2.32. The summed E-state index contributed by atoms with van der Waals surface area (Å²) in [4.78, 5) is 2.72. The van der Waals surface area contributed by atoms with Gasteiger partial charge in [-0.3, -0.25) is 0 Å². The van der Waals surface area contributed by atoms with Gasteiger partial charge in [0.25, 0.3) is 0 Å². The van der Waals surface area contributed by atoms with Gasteiger partial charge in [-0.05, 0) is 86.9 Å². The maximum atomic E-state index is 2.72. The largest absolute Gasteiger partial charge is 0.300 e. The smallest absolute Gasteiger partial charge is 0.0139 e. The van der Waals surface area contributed by atoms with Crippen LogP contribution in [-0.4, -0.2) is 24.0 Å². The van der Waals surface area contributed by atoms with Crippen molar-refractivity contribution in [3.05, 3.63) is 58.7 Å². The summed E-state index contributed by atoms with van der Waals surface area (Å²) in [6, 6.07) is 14.8. The van der Waals surface area contributed by atoms with Crippen LogP contribution in [0.15, 0.2) is 36.4 Å². The third-order valence-electron chi connectivity index (χ3n) is 5.77. The van der Waals surface area contributed by atoms with Crippen LogP contribution >= 0.6 is 0 Å². The fraction of sp³-hybridized carbons (Fsp3) is 0.455. The van der Waals surface area contributed by atoms with Crippen LogP contribution in [-0.2, 0) is 12.8 Å². The quantitative estimate of drug-likeness (QED) is 0.761. The first-order valence-electron chi connectivity index (χ1n) is 9.14. The van der Waals surface area contributed by atoms with Crippen LogP contribution in [0.2, 0.25) is 0 Å². The Kier molecular flexibility index (Phi) is 3.98. The van der Waals surface area contributed by atoms with Crippen molar-refractivity contribution in [1.29, 1.82) is 0 Å². The number of benzene rings is 2. The first kappa shape index (κ1) is 15.0. The maximum Gasteiger partial charge on any atom is 0.0139 e. The van der Waals surface area contributed by atoms with E-state index in [2.05, 4.69) is 55.1 Å². The van der Waals surface area contributed by atoms with Gasteiger partial charge in [-0.2, -0.15) is 0 Å². The van der Waals surface area contributed by atoms with Crippen LogP contribution < -0.4 is 0 Å². The van der Waals surface area contributed by atoms with Crippen LogP contribution in [0.1, 0.15) is 41.5 Å². The predicted molar refractivity (Wildman–Crippen MR) is 98.0 cm³/mol. The molecule has 1 saturated heterocycles. The van der Waals surface area contributed by atoms with E-state index in [4.69, 9.17) is 0 Å². The molecule has 0 saturated carbocycles. The van der Waals surface area contributed by atoms with Gasteiger partial charge in [0.2, 0.25) is 0 Å². The molecule has 23 heavy (non-hydrogen) atoms. The van der Waals surface area contributed by atoms with E-state index < -0.39 is 0 Å². The van der Waals surface area contributed by atoms with E-state index in [0.29, 0.717) is 0 Å². The first-order valence-corrected chi connectivity index (χ1v) is 9.14. The fourth-order valence-electron chi connectivity index (χ4n) is 4.37. The summed E-state index contributed by atoms with van der Waals surface area (Å²) in [5.41, 5.74) is 8.68. The van der Waals surface area contributed by atoms with Crippen molar-refractivity contribution in [2.24, 2.45) is 0 Å². The second-order valence-corrected chi connectivity index (χ2v) is 7.44. The molecule has 2 aromatic rings. The normalized spacial score (nSPS) is 21.4. The average Bonchev–Trinajstić information content (AvgIpc) is 3.11. The van der Waals surface area contributed by atoms with E-state index in [-0.39, 0.29) is 0 Å². The van der Waals surface area contributed by atoms with Crippen LogP contribution in [0, 0.1) is 13.8 Å². The first-order chi connectivity index (χ1) is 11.2. The number of likely N-dealkylation sites (tertiary alicyclic amines) is 1. The van der Waals surface area contributed by atoms with E-state index in [1.54, 1.807) is 11.1 Å². The molecule has 0 spiro atoms. The minimum absolute atomic E-state index is 0.788. The lowest BCUT2D eigenvalue weighted by atomic mass is 9.85. The molecule has 120 valence electrons. The van der Waals surface area contributed by atoms with Crippen molar-refractivity contribution in [1.82, 2.24) is 4.90 Å². The standard InChI is InChI=1S/C22H27N/c1-16-5-6-17(2)22(13-16)20-8-7-19-15-21(10-9-18(19)14-20)23-11-3-4-12-23/h5-8,13-14,21H,3-4,9-12,15H2,1-2H3. The third-order valence-corrected chi connectivity index (χ3v) is 5.77. The zero-order chi connectivity index (χ0) is 15.8. The Labute approximate surface area is 140 Å². The summed E-state index contributed by atoms with van der Waals surface area (Å²) in [6.45, 7) is 7.04. The van der Waals surface area contributed by atoms with Gasteiger partial charge in [0.15, 0.2) is 0 Å². The summed E-state index contributed by atoms with van der Waals surface area (Å²) in [5.74, 6) is 0. The molecular weight excluding hydrogens is 278 g/mol. The highest BCUT2D eigenvalue weighted by Crippen LogP contribution is 2.32. The van der Waals surface area contributed by atoms with Crippen LogP contribution in [0.25, 0.3) is 11.1 Å². The van der Waals surface area contributed by atoms with Crippen molar-refractivity contribution in [2.45, 2.75) is 52.0 Å². The molecule has 1 unspecified atom stereocenters. The Morgan fingerprint density at radius 3 is 2.57 bits per heavy atom. The molecular formula is C22H27N. The predicted octanol–water partition coefficient (Wildman–Crippen LogP) is 4.92. The number of aryl methyl sites for hydroxylation is 3. The molecule has 1 atom stereocenters. The van der Waals surface area contributed by atoms with E-state index in [0.717, 1.165) is 6.04 Å². The van der Waals surface area contributed by atoms with Crippen molar-refractivity contribution < 1.29 is 0 Å². The highest BCUT2D eigenvalue weighted by molar-refractivity contribution is 5.69. The number of rotatable bonds is 2. The van der Waals surface area contributed by atoms with E-state index >= 15 is 0 Å². The molecule has 0 N–H and O–H groups in total. The Morgan fingerprint density at radius 2 is 1.74 bits per heavy atom. The zero-order valence-corrected chi connectivity index (χ0v) is 14.4. The van der Waals surface area contributed by atoms with Crippen molar-refractivity contribution in [2.75, 3.05) is 13.1 Å². The maximum absolute atomic E-state index is 2.72. The lowest BCUT2D eigenvalue weighted by Crippen LogP contribution is -2.37. The van der Waals surface area contributed by atoms with Crippen LogP contribution in [0.5, 0.6) is 0 Å². The molecule has 0 amide bonds. The molecule has 0 radical (unpaired) electrons. The highest BCUT2D eigenvalue weighted by atomic mass is 15.2. The van der Waals surface area contributed by atoms with Crippen molar-refractivity contribution >= 4 is 0 Å². The minimum atomic E-state index is 0.788. The van der Waals surface area contributed by atoms with Crippen molar-refractivity contribution in [3.8, 4) is 11.1 Å². The van der Waals surface area contributed by atoms with E-state index in [1.165, 1.54) is 67.4 Å². The molecule has 2 aromatic carbocycles. The lowest BCUT2D eigenvalue weighted by molar-refractivity contribution is 0.222. The number of hydrogen-bond acceptors (Lipinski definition) is 1. The summed E-state index contributed by atoms with van der Waals surface area (Å²) in [7, 11) is 0. The monoisotopic (exact) mass is 305 g/mol. The molecule has 1 heterocycles. The molecule has 4 rings (SSSR count). The van der Waals surface area contributed by atoms with Gasteiger partial charge < -0.3 is 4.90 Å². The second-order valence-electron chi connectivity index (χ2n) is 7.44. The zero-order valence-electron chi connectivity index (χ0n) is 14.4. The highest BCUT2D eigenvalue weighted by Gasteiger charge is 2.26. The molecule has 1 fully saturated rings. The van der Waals surface area contributed by atoms with Gasteiger partial charge in [-0.25, -0.2) is 0 Å². The van der Waals surface area contributed by atoms with E-state index in [1.807, 2.05) is 0 Å². The van der Waals surface area contributed by atoms with Gasteiger partial charge in [0.05, 0.1) is 0 Å². The molecule has 2 aliphatic rings. The second kappa shape index (κ2) is 6.13. The van der Waals surface area contributed by atoms with Gasteiger partial charge in [0, 0.05) is 6.04 Å². The summed E-state index contributed by atoms with van der Waals surface area (Å²) in [5, 5.41) is 0. The van der Waals surface area contributed by atoms with Gasteiger partial charge in [0.1, 0.15) is 0 Å². The van der Waals surface area contributed by atoms with E-state index in [9.17, 15) is 0 Å². The molecule has 0 bridgehead atoms. The molecule has 1 heteroatoms. The van der Waals surface area contributed by atoms with Gasteiger partial charge in [-0.1, -0.05) is 42.0 Å². The summed E-state index contributed by atoms with van der Waals surface area (Å²) >= 11 is 0. The number of fused-ring (bicyclic) bond motifs is 1. The Balaban J connectivity index is 1.61. The molecule has 1 aliphatic heterocycles. The molecule has 1 aliphatic carbocycles. The Hall–Kier alpha value is -1.60.